The van der Waals surface area contributed by atoms with Gasteiger partial charge in [-0.3, -0.25) is 4.72 Å². The Balaban J connectivity index is 2.35. The van der Waals surface area contributed by atoms with E-state index in [0.29, 0.717) is 22.0 Å². The summed E-state index contributed by atoms with van der Waals surface area (Å²) in [6.07, 6.45) is 0. The zero-order valence-electron chi connectivity index (χ0n) is 10.8. The molecule has 2 rings (SSSR count). The van der Waals surface area contributed by atoms with E-state index >= 15 is 0 Å². The average Bonchev–Trinajstić information content (AvgIpc) is 2.41. The topological polar surface area (TPSA) is 72.2 Å². The average molecular weight is 343 g/mol. The van der Waals surface area contributed by atoms with Gasteiger partial charge in [-0.2, -0.15) is 0 Å². The lowest BCUT2D eigenvalue weighted by molar-refractivity contribution is 0.601. The quantitative estimate of drug-likeness (QED) is 0.826. The summed E-state index contributed by atoms with van der Waals surface area (Å²) in [4.78, 5) is 0.109. The SMILES string of the molecule is C=C(Cl)c1cc(NS(=O)(=O)c2ccc(N)cc2)ccc1Cl. The third-order valence-electron chi connectivity index (χ3n) is 2.70. The largest absolute Gasteiger partial charge is 0.399 e. The number of halogens is 2. The number of nitrogens with two attached hydrogens (primary N) is 1. The number of nitrogens with one attached hydrogen (secondary N) is 1. The van der Waals surface area contributed by atoms with Crippen LogP contribution in [0.1, 0.15) is 5.56 Å². The molecule has 4 nitrogen and oxygen atoms in total. The minimum Gasteiger partial charge on any atom is -0.399 e. The lowest BCUT2D eigenvalue weighted by Crippen LogP contribution is -2.13. The second kappa shape index (κ2) is 5.97. The van der Waals surface area contributed by atoms with Crippen molar-refractivity contribution in [3.05, 3.63) is 59.6 Å². The van der Waals surface area contributed by atoms with Crippen molar-refractivity contribution >= 4 is 49.6 Å². The fourth-order valence-corrected chi connectivity index (χ4v) is 3.14. The van der Waals surface area contributed by atoms with Crippen molar-refractivity contribution in [1.29, 1.82) is 0 Å². The lowest BCUT2D eigenvalue weighted by Gasteiger charge is -2.10. The minimum absolute atomic E-state index is 0.109. The molecule has 7 heteroatoms. The molecule has 0 amide bonds. The fourth-order valence-electron chi connectivity index (χ4n) is 1.66. The molecule has 2 aromatic carbocycles. The first kappa shape index (κ1) is 15.7. The van der Waals surface area contributed by atoms with Crippen LogP contribution >= 0.6 is 23.2 Å². The molecule has 0 unspecified atom stereocenters. The highest BCUT2D eigenvalue weighted by Gasteiger charge is 2.15. The molecule has 0 aliphatic heterocycles. The third kappa shape index (κ3) is 3.69. The van der Waals surface area contributed by atoms with Crippen LogP contribution in [0.15, 0.2) is 53.9 Å². The Hall–Kier alpha value is -1.69. The van der Waals surface area contributed by atoms with Gasteiger partial charge in [0, 0.05) is 27.0 Å². The fraction of sp³-hybridized carbons (Fsp3) is 0. The van der Waals surface area contributed by atoms with E-state index < -0.39 is 10.0 Å². The van der Waals surface area contributed by atoms with Gasteiger partial charge < -0.3 is 5.73 Å². The Labute approximate surface area is 133 Å². The van der Waals surface area contributed by atoms with E-state index in [2.05, 4.69) is 11.3 Å². The van der Waals surface area contributed by atoms with Gasteiger partial charge in [-0.25, -0.2) is 8.42 Å². The molecular weight excluding hydrogens is 331 g/mol. The van der Waals surface area contributed by atoms with E-state index in [1.165, 1.54) is 30.3 Å². The predicted molar refractivity (Wildman–Crippen MR) is 88.0 cm³/mol. The Morgan fingerprint density at radius 3 is 2.33 bits per heavy atom. The van der Waals surface area contributed by atoms with Crippen LogP contribution in [0.25, 0.3) is 5.03 Å². The number of nitrogen functional groups attached to an aromatic ring is 1. The molecule has 2 aromatic rings. The molecule has 0 saturated carbocycles. The molecule has 0 aliphatic rings. The summed E-state index contributed by atoms with van der Waals surface area (Å²) >= 11 is 11.8. The number of anilines is 2. The van der Waals surface area contributed by atoms with Crippen molar-refractivity contribution in [3.8, 4) is 0 Å². The van der Waals surface area contributed by atoms with Crippen molar-refractivity contribution in [2.75, 3.05) is 10.5 Å². The van der Waals surface area contributed by atoms with Gasteiger partial charge in [0.1, 0.15) is 0 Å². The van der Waals surface area contributed by atoms with Gasteiger partial charge in [-0.15, -0.1) is 0 Å². The maximum absolute atomic E-state index is 12.2. The first-order valence-electron chi connectivity index (χ1n) is 5.82. The van der Waals surface area contributed by atoms with Crippen molar-refractivity contribution in [3.63, 3.8) is 0 Å². The molecule has 0 radical (unpaired) electrons. The molecule has 0 heterocycles. The van der Waals surface area contributed by atoms with E-state index in [1.807, 2.05) is 0 Å². The van der Waals surface area contributed by atoms with Crippen LogP contribution < -0.4 is 10.5 Å². The summed E-state index contributed by atoms with van der Waals surface area (Å²) in [5.41, 5.74) is 6.83. The van der Waals surface area contributed by atoms with Crippen LogP contribution in [-0.2, 0) is 10.0 Å². The molecule has 0 aliphatic carbocycles. The maximum Gasteiger partial charge on any atom is 0.261 e. The van der Waals surface area contributed by atoms with Crippen LogP contribution in [0.5, 0.6) is 0 Å². The van der Waals surface area contributed by atoms with Gasteiger partial charge in [-0.05, 0) is 42.5 Å². The summed E-state index contributed by atoms with van der Waals surface area (Å²) in [5, 5.41) is 0.624. The second-order valence-electron chi connectivity index (χ2n) is 4.27. The number of hydrogen-bond donors (Lipinski definition) is 2. The minimum atomic E-state index is -3.71. The Bertz CT molecular complexity index is 787. The molecule has 0 atom stereocenters. The van der Waals surface area contributed by atoms with Gasteiger partial charge in [0.2, 0.25) is 0 Å². The smallest absolute Gasteiger partial charge is 0.261 e. The number of benzene rings is 2. The van der Waals surface area contributed by atoms with Crippen LogP contribution in [0.4, 0.5) is 11.4 Å². The van der Waals surface area contributed by atoms with Crippen molar-refractivity contribution in [2.24, 2.45) is 0 Å². The highest BCUT2D eigenvalue weighted by atomic mass is 35.5. The molecule has 21 heavy (non-hydrogen) atoms. The first-order valence-corrected chi connectivity index (χ1v) is 8.06. The van der Waals surface area contributed by atoms with Crippen LogP contribution in [0, 0.1) is 0 Å². The zero-order valence-corrected chi connectivity index (χ0v) is 13.1. The van der Waals surface area contributed by atoms with Gasteiger partial charge >= 0.3 is 0 Å². The second-order valence-corrected chi connectivity index (χ2v) is 6.82. The maximum atomic E-state index is 12.2. The molecule has 0 aromatic heterocycles. The van der Waals surface area contributed by atoms with Gasteiger partial charge in [0.05, 0.1) is 4.90 Å². The summed E-state index contributed by atoms with van der Waals surface area (Å²) < 4.78 is 26.9. The normalized spacial score (nSPS) is 11.1. The third-order valence-corrected chi connectivity index (χ3v) is 4.63. The van der Waals surface area contributed by atoms with Gasteiger partial charge in [0.25, 0.3) is 10.0 Å². The lowest BCUT2D eigenvalue weighted by atomic mass is 10.2. The monoisotopic (exact) mass is 342 g/mol. The van der Waals surface area contributed by atoms with Crippen LogP contribution in [0.2, 0.25) is 5.02 Å². The number of sulfonamides is 1. The molecule has 110 valence electrons. The highest BCUT2D eigenvalue weighted by molar-refractivity contribution is 7.92. The van der Waals surface area contributed by atoms with E-state index in [9.17, 15) is 8.42 Å². The molecule has 0 spiro atoms. The molecule has 0 bridgehead atoms. The summed E-state index contributed by atoms with van der Waals surface area (Å²) in [7, 11) is -3.71. The summed E-state index contributed by atoms with van der Waals surface area (Å²) in [6, 6.07) is 10.5. The van der Waals surface area contributed by atoms with Crippen LogP contribution in [-0.4, -0.2) is 8.42 Å². The Kier molecular flexibility index (Phi) is 4.46. The van der Waals surface area contributed by atoms with E-state index in [0.717, 1.165) is 0 Å². The van der Waals surface area contributed by atoms with Crippen LogP contribution in [0.3, 0.4) is 0 Å². The number of hydrogen-bond acceptors (Lipinski definition) is 3. The first-order chi connectivity index (χ1) is 9.79. The highest BCUT2D eigenvalue weighted by Crippen LogP contribution is 2.29. The molecule has 0 fully saturated rings. The standard InChI is InChI=1S/C14H12Cl2N2O2S/c1-9(15)13-8-11(4-7-14(13)16)18-21(19,20)12-5-2-10(17)3-6-12/h2-8,18H,1,17H2. The van der Waals surface area contributed by atoms with Crippen molar-refractivity contribution in [2.45, 2.75) is 4.90 Å². The molecule has 3 N–H and O–H groups in total. The van der Waals surface area contributed by atoms with Gasteiger partial charge in [0.15, 0.2) is 0 Å². The summed E-state index contributed by atoms with van der Waals surface area (Å²) in [5.74, 6) is 0. The van der Waals surface area contributed by atoms with E-state index in [1.54, 1.807) is 12.1 Å². The zero-order chi connectivity index (χ0) is 15.6. The summed E-state index contributed by atoms with van der Waals surface area (Å²) in [6.45, 7) is 3.58. The molecule has 0 saturated heterocycles. The van der Waals surface area contributed by atoms with E-state index in [-0.39, 0.29) is 9.93 Å². The van der Waals surface area contributed by atoms with E-state index in [4.69, 9.17) is 28.9 Å². The number of rotatable bonds is 4. The Morgan fingerprint density at radius 1 is 1.14 bits per heavy atom. The Morgan fingerprint density at radius 2 is 1.76 bits per heavy atom. The molecular formula is C14H12Cl2N2O2S. The van der Waals surface area contributed by atoms with Crippen molar-refractivity contribution < 1.29 is 8.42 Å². The van der Waals surface area contributed by atoms with Gasteiger partial charge in [-0.1, -0.05) is 29.8 Å². The predicted octanol–water partition coefficient (Wildman–Crippen LogP) is 3.93. The van der Waals surface area contributed by atoms with Crippen molar-refractivity contribution in [1.82, 2.24) is 0 Å².